The largest absolute Gasteiger partial charge is 0.434 e. The van der Waals surface area contributed by atoms with Crippen LogP contribution in [0.25, 0.3) is 0 Å². The number of amides is 1. The Hall–Kier alpha value is -1.76. The third kappa shape index (κ3) is 4.13. The summed E-state index contributed by atoms with van der Waals surface area (Å²) in [6.07, 6.45) is 2.51. The van der Waals surface area contributed by atoms with Crippen molar-refractivity contribution in [3.63, 3.8) is 0 Å². The van der Waals surface area contributed by atoms with Crippen LogP contribution in [-0.4, -0.2) is 25.6 Å². The molecule has 22 heavy (non-hydrogen) atoms. The Bertz CT molecular complexity index is 526. The third-order valence-electron chi connectivity index (χ3n) is 3.89. The first-order valence-electron chi connectivity index (χ1n) is 7.19. The molecule has 0 saturated heterocycles. The van der Waals surface area contributed by atoms with Gasteiger partial charge >= 0.3 is 6.61 Å². The molecule has 2 unspecified atom stereocenters. The van der Waals surface area contributed by atoms with Crippen LogP contribution in [-0.2, 0) is 11.3 Å². The molecule has 0 aliphatic heterocycles. The molecule has 2 N–H and O–H groups in total. The Morgan fingerprint density at radius 1 is 1.41 bits per heavy atom. The highest BCUT2D eigenvalue weighted by molar-refractivity contribution is 5.79. The summed E-state index contributed by atoms with van der Waals surface area (Å²) in [7, 11) is 1.58. The maximum Gasteiger partial charge on any atom is 0.387 e. The lowest BCUT2D eigenvalue weighted by molar-refractivity contribution is -0.124. The van der Waals surface area contributed by atoms with E-state index in [1.165, 1.54) is 6.07 Å². The molecule has 0 heterocycles. The lowest BCUT2D eigenvalue weighted by Crippen LogP contribution is -2.40. The fourth-order valence-electron chi connectivity index (χ4n) is 2.84. The molecule has 0 bridgehead atoms. The van der Waals surface area contributed by atoms with Crippen molar-refractivity contribution in [2.75, 3.05) is 7.05 Å². The summed E-state index contributed by atoms with van der Waals surface area (Å²) in [5.41, 5.74) is 0.308. The summed E-state index contributed by atoms with van der Waals surface area (Å²) in [6, 6.07) is 3.37. The molecule has 1 aliphatic carbocycles. The highest BCUT2D eigenvalue weighted by Crippen LogP contribution is 2.27. The summed E-state index contributed by atoms with van der Waals surface area (Å²) in [5, 5.41) is 5.77. The van der Waals surface area contributed by atoms with Gasteiger partial charge in [-0.1, -0.05) is 6.42 Å². The van der Waals surface area contributed by atoms with Crippen molar-refractivity contribution in [2.24, 2.45) is 5.92 Å². The van der Waals surface area contributed by atoms with Crippen molar-refractivity contribution < 1.29 is 22.7 Å². The first-order valence-corrected chi connectivity index (χ1v) is 7.19. The number of rotatable bonds is 6. The molecule has 0 aromatic heterocycles. The number of nitrogens with one attached hydrogen (secondary N) is 2. The standard InChI is InChI=1S/C15H19F3N2O2/c1-19-14(21)11-3-2-4-12(11)20-8-9-7-10(16)5-6-13(9)22-15(17)18/h5-7,11-12,15,20H,2-4,8H2,1H3,(H,19,21). The predicted molar refractivity (Wildman–Crippen MR) is 75.1 cm³/mol. The highest BCUT2D eigenvalue weighted by Gasteiger charge is 2.32. The Kier molecular flexibility index (Phi) is 5.65. The zero-order valence-corrected chi connectivity index (χ0v) is 12.2. The molecule has 1 fully saturated rings. The van der Waals surface area contributed by atoms with Crippen LogP contribution in [0.5, 0.6) is 5.75 Å². The molecular formula is C15H19F3N2O2. The van der Waals surface area contributed by atoms with Crippen molar-refractivity contribution in [3.05, 3.63) is 29.6 Å². The second kappa shape index (κ2) is 7.49. The quantitative estimate of drug-likeness (QED) is 0.847. The zero-order chi connectivity index (χ0) is 16.1. The number of halogens is 3. The molecule has 2 atom stereocenters. The highest BCUT2D eigenvalue weighted by atomic mass is 19.3. The van der Waals surface area contributed by atoms with Crippen LogP contribution in [0.3, 0.4) is 0 Å². The molecule has 1 aromatic carbocycles. The van der Waals surface area contributed by atoms with Crippen LogP contribution in [0.4, 0.5) is 13.2 Å². The van der Waals surface area contributed by atoms with Gasteiger partial charge in [-0.05, 0) is 31.0 Å². The molecule has 1 amide bonds. The number of ether oxygens (including phenoxy) is 1. The van der Waals surface area contributed by atoms with Gasteiger partial charge in [0.15, 0.2) is 0 Å². The maximum atomic E-state index is 13.3. The van der Waals surface area contributed by atoms with Crippen molar-refractivity contribution in [2.45, 2.75) is 38.5 Å². The Morgan fingerprint density at radius 3 is 2.86 bits per heavy atom. The minimum absolute atomic E-state index is 0.0432. The van der Waals surface area contributed by atoms with Gasteiger partial charge in [0.25, 0.3) is 0 Å². The first-order chi connectivity index (χ1) is 10.5. The normalized spacial score (nSPS) is 21.1. The van der Waals surface area contributed by atoms with E-state index in [9.17, 15) is 18.0 Å². The number of hydrogen-bond acceptors (Lipinski definition) is 3. The van der Waals surface area contributed by atoms with Crippen molar-refractivity contribution in [1.82, 2.24) is 10.6 Å². The predicted octanol–water partition coefficient (Wildman–Crippen LogP) is 2.43. The summed E-state index contributed by atoms with van der Waals surface area (Å²) in [5.74, 6) is -0.776. The molecule has 122 valence electrons. The molecule has 1 aliphatic rings. The van der Waals surface area contributed by atoms with Crippen LogP contribution in [0, 0.1) is 11.7 Å². The van der Waals surface area contributed by atoms with Crippen LogP contribution in [0.2, 0.25) is 0 Å². The number of carbonyl (C=O) groups excluding carboxylic acids is 1. The number of hydrogen-bond donors (Lipinski definition) is 2. The summed E-state index contributed by atoms with van der Waals surface area (Å²) in [4.78, 5) is 11.8. The number of carbonyl (C=O) groups is 1. The second-order valence-electron chi connectivity index (χ2n) is 5.27. The topological polar surface area (TPSA) is 50.4 Å². The fraction of sp³-hybridized carbons (Fsp3) is 0.533. The molecular weight excluding hydrogens is 297 g/mol. The van der Waals surface area contributed by atoms with Crippen molar-refractivity contribution in [1.29, 1.82) is 0 Å². The Labute approximate surface area is 127 Å². The molecule has 7 heteroatoms. The van der Waals surface area contributed by atoms with E-state index < -0.39 is 12.4 Å². The van der Waals surface area contributed by atoms with Crippen LogP contribution in [0.15, 0.2) is 18.2 Å². The lowest BCUT2D eigenvalue weighted by Gasteiger charge is -2.20. The fourth-order valence-corrected chi connectivity index (χ4v) is 2.84. The van der Waals surface area contributed by atoms with E-state index in [0.29, 0.717) is 5.56 Å². The van der Waals surface area contributed by atoms with Crippen molar-refractivity contribution >= 4 is 5.91 Å². The minimum atomic E-state index is -2.96. The van der Waals surface area contributed by atoms with Crippen LogP contribution >= 0.6 is 0 Å². The molecule has 2 rings (SSSR count). The van der Waals surface area contributed by atoms with E-state index in [2.05, 4.69) is 15.4 Å². The first kappa shape index (κ1) is 16.6. The van der Waals surface area contributed by atoms with Crippen LogP contribution in [0.1, 0.15) is 24.8 Å². The second-order valence-corrected chi connectivity index (χ2v) is 5.27. The van der Waals surface area contributed by atoms with Gasteiger partial charge in [-0.2, -0.15) is 8.78 Å². The minimum Gasteiger partial charge on any atom is -0.434 e. The van der Waals surface area contributed by atoms with Crippen molar-refractivity contribution in [3.8, 4) is 5.75 Å². The van der Waals surface area contributed by atoms with E-state index in [4.69, 9.17) is 0 Å². The van der Waals surface area contributed by atoms with E-state index in [0.717, 1.165) is 31.4 Å². The Balaban J connectivity index is 2.04. The van der Waals surface area contributed by atoms with Crippen LogP contribution < -0.4 is 15.4 Å². The third-order valence-corrected chi connectivity index (χ3v) is 3.89. The summed E-state index contributed by atoms with van der Waals surface area (Å²) < 4.78 is 42.4. The Morgan fingerprint density at radius 2 is 2.18 bits per heavy atom. The average molecular weight is 316 g/mol. The zero-order valence-electron chi connectivity index (χ0n) is 12.2. The van der Waals surface area contributed by atoms with Gasteiger partial charge in [-0.15, -0.1) is 0 Å². The monoisotopic (exact) mass is 316 g/mol. The van der Waals surface area contributed by atoms with Gasteiger partial charge in [0.2, 0.25) is 5.91 Å². The smallest absolute Gasteiger partial charge is 0.387 e. The van der Waals surface area contributed by atoms with Gasteiger partial charge < -0.3 is 15.4 Å². The molecule has 1 aromatic rings. The summed E-state index contributed by atoms with van der Waals surface area (Å²) >= 11 is 0. The van der Waals surface area contributed by atoms with E-state index in [1.807, 2.05) is 0 Å². The van der Waals surface area contributed by atoms with Gasteiger partial charge in [0, 0.05) is 25.2 Å². The number of alkyl halides is 2. The molecule has 4 nitrogen and oxygen atoms in total. The van der Waals surface area contributed by atoms with Gasteiger partial charge in [-0.25, -0.2) is 4.39 Å². The maximum absolute atomic E-state index is 13.3. The number of benzene rings is 1. The van der Waals surface area contributed by atoms with E-state index in [-0.39, 0.29) is 30.2 Å². The molecule has 0 radical (unpaired) electrons. The van der Waals surface area contributed by atoms with E-state index in [1.54, 1.807) is 7.05 Å². The van der Waals surface area contributed by atoms with Gasteiger partial charge in [0.05, 0.1) is 5.92 Å². The van der Waals surface area contributed by atoms with Gasteiger partial charge in [0.1, 0.15) is 11.6 Å². The summed E-state index contributed by atoms with van der Waals surface area (Å²) in [6.45, 7) is -2.80. The van der Waals surface area contributed by atoms with E-state index >= 15 is 0 Å². The SMILES string of the molecule is CNC(=O)C1CCCC1NCc1cc(F)ccc1OC(F)F. The molecule has 1 saturated carbocycles. The average Bonchev–Trinajstić information content (AvgIpc) is 2.94. The van der Waals surface area contributed by atoms with Gasteiger partial charge in [-0.3, -0.25) is 4.79 Å². The molecule has 0 spiro atoms. The lowest BCUT2D eigenvalue weighted by atomic mass is 10.0.